The first kappa shape index (κ1) is 14.1. The lowest BCUT2D eigenvalue weighted by Gasteiger charge is -2.06. The molecule has 0 aliphatic carbocycles. The molecule has 0 saturated carbocycles. The Hall–Kier alpha value is -0.960. The van der Waals surface area contributed by atoms with Crippen LogP contribution < -0.4 is 10.5 Å². The van der Waals surface area contributed by atoms with Crippen molar-refractivity contribution in [3.05, 3.63) is 11.4 Å². The summed E-state index contributed by atoms with van der Waals surface area (Å²) in [4.78, 5) is 0.150. The second kappa shape index (κ2) is 6.10. The van der Waals surface area contributed by atoms with Gasteiger partial charge in [-0.3, -0.25) is 5.10 Å². The molecular formula is C9H18N4O3S. The van der Waals surface area contributed by atoms with Crippen LogP contribution in [-0.4, -0.2) is 38.9 Å². The minimum Gasteiger partial charge on any atom is -0.385 e. The molecule has 0 fully saturated rings. The van der Waals surface area contributed by atoms with E-state index < -0.39 is 10.0 Å². The molecule has 17 heavy (non-hydrogen) atoms. The largest absolute Gasteiger partial charge is 0.385 e. The van der Waals surface area contributed by atoms with Crippen molar-refractivity contribution in [1.82, 2.24) is 14.9 Å². The van der Waals surface area contributed by atoms with E-state index >= 15 is 0 Å². The minimum absolute atomic E-state index is 0.0820. The van der Waals surface area contributed by atoms with Gasteiger partial charge < -0.3 is 10.5 Å². The van der Waals surface area contributed by atoms with E-state index in [1.54, 1.807) is 14.0 Å². The molecular weight excluding hydrogens is 244 g/mol. The third kappa shape index (κ3) is 3.50. The number of aromatic amines is 1. The van der Waals surface area contributed by atoms with Crippen LogP contribution in [0.15, 0.2) is 4.90 Å². The van der Waals surface area contributed by atoms with Crippen LogP contribution in [0, 0.1) is 6.92 Å². The van der Waals surface area contributed by atoms with Crippen molar-refractivity contribution < 1.29 is 13.2 Å². The average Bonchev–Trinajstić information content (AvgIpc) is 2.66. The molecule has 0 amide bonds. The molecule has 8 heteroatoms. The van der Waals surface area contributed by atoms with Crippen LogP contribution in [0.5, 0.6) is 0 Å². The molecule has 1 aromatic rings. The summed E-state index contributed by atoms with van der Waals surface area (Å²) in [7, 11) is -1.98. The smallest absolute Gasteiger partial charge is 0.244 e. The molecule has 4 N–H and O–H groups in total. The van der Waals surface area contributed by atoms with E-state index in [0.717, 1.165) is 0 Å². The molecule has 0 saturated heterocycles. The van der Waals surface area contributed by atoms with Crippen LogP contribution in [0.25, 0.3) is 0 Å². The molecule has 0 radical (unpaired) electrons. The van der Waals surface area contributed by atoms with Gasteiger partial charge in [-0.25, -0.2) is 13.1 Å². The zero-order chi connectivity index (χ0) is 12.9. The molecule has 0 spiro atoms. The van der Waals surface area contributed by atoms with E-state index in [9.17, 15) is 8.42 Å². The number of nitrogens with two attached hydrogens (primary N) is 1. The molecule has 0 unspecified atom stereocenters. The van der Waals surface area contributed by atoms with Crippen LogP contribution in [0.3, 0.4) is 0 Å². The third-order valence-electron chi connectivity index (χ3n) is 2.24. The number of nitrogens with zero attached hydrogens (tertiary/aromatic N) is 1. The highest BCUT2D eigenvalue weighted by atomic mass is 32.2. The Morgan fingerprint density at radius 1 is 1.53 bits per heavy atom. The predicted molar refractivity (Wildman–Crippen MR) is 62.9 cm³/mol. The SMILES string of the molecule is COCCCNS(=O)(=O)c1c(CN)n[nH]c1C. The number of methoxy groups -OCH3 is 1. The van der Waals surface area contributed by atoms with Crippen molar-refractivity contribution in [3.63, 3.8) is 0 Å². The summed E-state index contributed by atoms with van der Waals surface area (Å²) in [5.74, 6) is 0. The van der Waals surface area contributed by atoms with Gasteiger partial charge in [-0.1, -0.05) is 0 Å². The lowest BCUT2D eigenvalue weighted by molar-refractivity contribution is 0.196. The van der Waals surface area contributed by atoms with Crippen LogP contribution in [0.4, 0.5) is 0 Å². The summed E-state index contributed by atoms with van der Waals surface area (Å²) in [6, 6.07) is 0. The Labute approximate surface area is 101 Å². The van der Waals surface area contributed by atoms with Crippen molar-refractivity contribution >= 4 is 10.0 Å². The number of hydrogen-bond donors (Lipinski definition) is 3. The van der Waals surface area contributed by atoms with Crippen molar-refractivity contribution in [1.29, 1.82) is 0 Å². The number of H-pyrrole nitrogens is 1. The van der Waals surface area contributed by atoms with Gasteiger partial charge >= 0.3 is 0 Å². The van der Waals surface area contributed by atoms with E-state index in [0.29, 0.717) is 31.0 Å². The van der Waals surface area contributed by atoms with Gasteiger partial charge in [0.2, 0.25) is 10.0 Å². The zero-order valence-electron chi connectivity index (χ0n) is 9.99. The van der Waals surface area contributed by atoms with Crippen LogP contribution in [0.2, 0.25) is 0 Å². The molecule has 0 aliphatic heterocycles. The van der Waals surface area contributed by atoms with E-state index in [-0.39, 0.29) is 11.4 Å². The molecule has 0 aromatic carbocycles. The molecule has 0 aliphatic rings. The highest BCUT2D eigenvalue weighted by Gasteiger charge is 2.22. The second-order valence-corrected chi connectivity index (χ2v) is 5.28. The molecule has 7 nitrogen and oxygen atoms in total. The standard InChI is InChI=1S/C9H18N4O3S/c1-7-9(8(6-10)13-12-7)17(14,15)11-4-3-5-16-2/h11H,3-6,10H2,1-2H3,(H,12,13). The lowest BCUT2D eigenvalue weighted by atomic mass is 10.4. The quantitative estimate of drug-likeness (QED) is 0.573. The number of hydrogen-bond acceptors (Lipinski definition) is 5. The Morgan fingerprint density at radius 3 is 2.82 bits per heavy atom. The zero-order valence-corrected chi connectivity index (χ0v) is 10.8. The Balaban J connectivity index is 2.78. The van der Waals surface area contributed by atoms with Gasteiger partial charge in [0.1, 0.15) is 4.90 Å². The van der Waals surface area contributed by atoms with Gasteiger partial charge in [0, 0.05) is 26.8 Å². The van der Waals surface area contributed by atoms with E-state index in [1.165, 1.54) is 0 Å². The summed E-state index contributed by atoms with van der Waals surface area (Å²) < 4.78 is 31.3. The van der Waals surface area contributed by atoms with E-state index in [2.05, 4.69) is 14.9 Å². The van der Waals surface area contributed by atoms with Gasteiger partial charge in [-0.05, 0) is 13.3 Å². The molecule has 0 bridgehead atoms. The first-order valence-corrected chi connectivity index (χ1v) is 6.73. The summed E-state index contributed by atoms with van der Waals surface area (Å²) >= 11 is 0. The van der Waals surface area contributed by atoms with Crippen molar-refractivity contribution in [2.24, 2.45) is 5.73 Å². The average molecular weight is 262 g/mol. The summed E-state index contributed by atoms with van der Waals surface area (Å²) in [5.41, 5.74) is 6.28. The van der Waals surface area contributed by atoms with Gasteiger partial charge in [0.05, 0.1) is 11.4 Å². The summed E-state index contributed by atoms with van der Waals surface area (Å²) in [6.45, 7) is 2.57. The third-order valence-corrected chi connectivity index (χ3v) is 3.90. The number of aryl methyl sites for hydroxylation is 1. The lowest BCUT2D eigenvalue weighted by Crippen LogP contribution is -2.27. The molecule has 98 valence electrons. The van der Waals surface area contributed by atoms with Crippen molar-refractivity contribution in [2.45, 2.75) is 24.8 Å². The summed E-state index contributed by atoms with van der Waals surface area (Å²) in [5, 5.41) is 6.47. The Kier molecular flexibility index (Phi) is 5.06. The van der Waals surface area contributed by atoms with Crippen LogP contribution >= 0.6 is 0 Å². The number of nitrogens with one attached hydrogen (secondary N) is 2. The van der Waals surface area contributed by atoms with Crippen molar-refractivity contribution in [2.75, 3.05) is 20.3 Å². The summed E-state index contributed by atoms with van der Waals surface area (Å²) in [6.07, 6.45) is 0.616. The van der Waals surface area contributed by atoms with Gasteiger partial charge in [-0.15, -0.1) is 0 Å². The van der Waals surface area contributed by atoms with Gasteiger partial charge in [0.25, 0.3) is 0 Å². The fourth-order valence-corrected chi connectivity index (χ4v) is 2.90. The van der Waals surface area contributed by atoms with Crippen LogP contribution in [0.1, 0.15) is 17.8 Å². The van der Waals surface area contributed by atoms with Gasteiger partial charge in [-0.2, -0.15) is 5.10 Å². The predicted octanol–water partition coefficient (Wildman–Crippen LogP) is -0.508. The normalized spacial score (nSPS) is 11.9. The first-order valence-electron chi connectivity index (χ1n) is 5.25. The maximum Gasteiger partial charge on any atom is 0.244 e. The second-order valence-electron chi connectivity index (χ2n) is 3.57. The number of rotatable bonds is 7. The number of ether oxygens (including phenoxy) is 1. The topological polar surface area (TPSA) is 110 Å². The monoisotopic (exact) mass is 262 g/mol. The van der Waals surface area contributed by atoms with Crippen molar-refractivity contribution in [3.8, 4) is 0 Å². The number of sulfonamides is 1. The van der Waals surface area contributed by atoms with E-state index in [4.69, 9.17) is 10.5 Å². The molecule has 1 heterocycles. The molecule has 1 rings (SSSR count). The maximum atomic E-state index is 12.0. The Bertz CT molecular complexity index is 455. The first-order chi connectivity index (χ1) is 8.03. The Morgan fingerprint density at radius 2 is 2.24 bits per heavy atom. The molecule has 0 atom stereocenters. The van der Waals surface area contributed by atoms with Crippen LogP contribution in [-0.2, 0) is 21.3 Å². The fraction of sp³-hybridized carbons (Fsp3) is 0.667. The highest BCUT2D eigenvalue weighted by Crippen LogP contribution is 2.16. The maximum absolute atomic E-state index is 12.0. The minimum atomic E-state index is -3.55. The fourth-order valence-electron chi connectivity index (χ4n) is 1.46. The van der Waals surface area contributed by atoms with E-state index in [1.807, 2.05) is 0 Å². The molecule has 1 aromatic heterocycles. The van der Waals surface area contributed by atoms with Gasteiger partial charge in [0.15, 0.2) is 0 Å². The highest BCUT2D eigenvalue weighted by molar-refractivity contribution is 7.89. The number of aromatic nitrogens is 2.